The van der Waals surface area contributed by atoms with Crippen molar-refractivity contribution in [2.75, 3.05) is 13.1 Å². The van der Waals surface area contributed by atoms with Crippen molar-refractivity contribution < 1.29 is 4.79 Å². The Hall–Kier alpha value is -2.21. The smallest absolute Gasteiger partial charge is 0.223 e. The first kappa shape index (κ1) is 19.5. The van der Waals surface area contributed by atoms with Crippen LogP contribution in [0.1, 0.15) is 55.2 Å². The van der Waals surface area contributed by atoms with Crippen LogP contribution >= 0.6 is 0 Å². The summed E-state index contributed by atoms with van der Waals surface area (Å²) in [5.41, 5.74) is 4.04. The van der Waals surface area contributed by atoms with E-state index in [2.05, 4.69) is 57.0 Å². The number of rotatable bonds is 5. The minimum Gasteiger partial charge on any atom is -0.346 e. The molecule has 0 spiro atoms. The first-order valence-corrected chi connectivity index (χ1v) is 9.86. The quantitative estimate of drug-likeness (QED) is 0.880. The van der Waals surface area contributed by atoms with E-state index >= 15 is 0 Å². The van der Waals surface area contributed by atoms with Crippen LogP contribution in [0.25, 0.3) is 0 Å². The number of hydrogen-bond donors (Lipinski definition) is 1. The largest absolute Gasteiger partial charge is 0.346 e. The van der Waals surface area contributed by atoms with Gasteiger partial charge in [0.05, 0.1) is 6.04 Å². The summed E-state index contributed by atoms with van der Waals surface area (Å²) in [4.78, 5) is 14.5. The van der Waals surface area contributed by atoms with Crippen molar-refractivity contribution in [1.29, 1.82) is 0 Å². The molecule has 3 rings (SSSR count). The zero-order chi connectivity index (χ0) is 19.6. The summed E-state index contributed by atoms with van der Waals surface area (Å²) >= 11 is 0. The Kier molecular flexibility index (Phi) is 5.95. The lowest BCUT2D eigenvalue weighted by atomic mass is 10.1. The van der Waals surface area contributed by atoms with E-state index in [1.54, 1.807) is 0 Å². The van der Waals surface area contributed by atoms with Crippen molar-refractivity contribution >= 4 is 5.91 Å². The van der Waals surface area contributed by atoms with Crippen LogP contribution in [0.3, 0.4) is 0 Å². The molecule has 0 bridgehead atoms. The minimum absolute atomic E-state index is 0.0352. The van der Waals surface area contributed by atoms with Gasteiger partial charge in [0.1, 0.15) is 5.82 Å². The highest BCUT2D eigenvalue weighted by molar-refractivity contribution is 5.78. The molecule has 2 heterocycles. The molecule has 146 valence electrons. The Morgan fingerprint density at radius 1 is 1.15 bits per heavy atom. The molecular weight excluding hydrogens is 338 g/mol. The third-order valence-electron chi connectivity index (χ3n) is 5.32. The van der Waals surface area contributed by atoms with E-state index in [9.17, 15) is 4.79 Å². The van der Waals surface area contributed by atoms with Gasteiger partial charge in [0.25, 0.3) is 0 Å². The average Bonchev–Trinajstić information content (AvgIpc) is 2.93. The lowest BCUT2D eigenvalue weighted by Crippen LogP contribution is -2.32. The molecule has 0 radical (unpaired) electrons. The lowest BCUT2D eigenvalue weighted by Gasteiger charge is -2.21. The first-order chi connectivity index (χ1) is 12.8. The summed E-state index contributed by atoms with van der Waals surface area (Å²) in [6, 6.07) is 6.53. The summed E-state index contributed by atoms with van der Waals surface area (Å²) in [6.07, 6.45) is 0.878. The summed E-state index contributed by atoms with van der Waals surface area (Å²) in [5, 5.41) is 11.8. The number of benzene rings is 1. The van der Waals surface area contributed by atoms with Gasteiger partial charge >= 0.3 is 0 Å². The minimum atomic E-state index is -0.133. The van der Waals surface area contributed by atoms with E-state index in [1.165, 1.54) is 16.7 Å². The van der Waals surface area contributed by atoms with Crippen LogP contribution in [0.15, 0.2) is 18.2 Å². The molecule has 6 heteroatoms. The topological polar surface area (TPSA) is 63.1 Å². The zero-order valence-corrected chi connectivity index (χ0v) is 17.1. The van der Waals surface area contributed by atoms with E-state index in [4.69, 9.17) is 0 Å². The van der Waals surface area contributed by atoms with Crippen molar-refractivity contribution in [1.82, 2.24) is 25.0 Å². The first-order valence-electron chi connectivity index (χ1n) is 9.86. The maximum absolute atomic E-state index is 12.0. The van der Waals surface area contributed by atoms with Gasteiger partial charge in [-0.05, 0) is 31.9 Å². The zero-order valence-electron chi connectivity index (χ0n) is 17.1. The van der Waals surface area contributed by atoms with Crippen molar-refractivity contribution in [3.63, 3.8) is 0 Å². The van der Waals surface area contributed by atoms with E-state index < -0.39 is 0 Å². The van der Waals surface area contributed by atoms with E-state index in [-0.39, 0.29) is 17.9 Å². The molecule has 0 aliphatic carbocycles. The number of hydrogen-bond acceptors (Lipinski definition) is 4. The standard InChI is InChI=1S/C21H31N5O/c1-14(2)21(27)22-17(5)20-24-23-19-8-9-25(10-11-26(19)20)13-18-12-15(3)6-7-16(18)4/h6-7,12,14,17H,8-11,13H2,1-5H3,(H,22,27)/t17-/m0/s1. The Labute approximate surface area is 162 Å². The van der Waals surface area contributed by atoms with Gasteiger partial charge in [0.2, 0.25) is 5.91 Å². The third-order valence-corrected chi connectivity index (χ3v) is 5.32. The fraction of sp³-hybridized carbons (Fsp3) is 0.571. The second-order valence-electron chi connectivity index (χ2n) is 7.97. The fourth-order valence-corrected chi connectivity index (χ4v) is 3.52. The maximum Gasteiger partial charge on any atom is 0.223 e. The van der Waals surface area contributed by atoms with Crippen LogP contribution in [0.5, 0.6) is 0 Å². The molecular formula is C21H31N5O. The van der Waals surface area contributed by atoms with Crippen LogP contribution < -0.4 is 5.32 Å². The highest BCUT2D eigenvalue weighted by atomic mass is 16.1. The highest BCUT2D eigenvalue weighted by Gasteiger charge is 2.23. The third kappa shape index (κ3) is 4.56. The molecule has 1 aromatic carbocycles. The summed E-state index contributed by atoms with van der Waals surface area (Å²) in [6.45, 7) is 13.8. The van der Waals surface area contributed by atoms with Gasteiger partial charge in [-0.25, -0.2) is 0 Å². The summed E-state index contributed by atoms with van der Waals surface area (Å²) < 4.78 is 2.19. The van der Waals surface area contributed by atoms with Crippen LogP contribution in [-0.4, -0.2) is 38.7 Å². The molecule has 2 aromatic rings. The molecule has 1 aliphatic rings. The van der Waals surface area contributed by atoms with Crippen molar-refractivity contribution in [2.24, 2.45) is 5.92 Å². The molecule has 27 heavy (non-hydrogen) atoms. The van der Waals surface area contributed by atoms with Crippen molar-refractivity contribution in [3.8, 4) is 0 Å². The van der Waals surface area contributed by atoms with Gasteiger partial charge in [0.15, 0.2) is 5.82 Å². The second-order valence-corrected chi connectivity index (χ2v) is 7.97. The summed E-state index contributed by atoms with van der Waals surface area (Å²) in [5.74, 6) is 1.88. The predicted octanol–water partition coefficient (Wildman–Crippen LogP) is 2.79. The maximum atomic E-state index is 12.0. The lowest BCUT2D eigenvalue weighted by molar-refractivity contribution is -0.124. The van der Waals surface area contributed by atoms with E-state index in [0.717, 1.165) is 44.2 Å². The Morgan fingerprint density at radius 3 is 2.67 bits per heavy atom. The van der Waals surface area contributed by atoms with Gasteiger partial charge in [0, 0.05) is 38.5 Å². The van der Waals surface area contributed by atoms with Gasteiger partial charge in [-0.1, -0.05) is 37.6 Å². The molecule has 1 aliphatic heterocycles. The molecule has 1 aromatic heterocycles. The molecule has 1 amide bonds. The monoisotopic (exact) mass is 369 g/mol. The number of carbonyl (C=O) groups excluding carboxylic acids is 1. The fourth-order valence-electron chi connectivity index (χ4n) is 3.52. The average molecular weight is 370 g/mol. The number of amides is 1. The van der Waals surface area contributed by atoms with Gasteiger partial charge < -0.3 is 9.88 Å². The van der Waals surface area contributed by atoms with Crippen LogP contribution in [0.4, 0.5) is 0 Å². The molecule has 1 atom stereocenters. The molecule has 0 saturated heterocycles. The molecule has 6 nitrogen and oxygen atoms in total. The molecule has 0 unspecified atom stereocenters. The van der Waals surface area contributed by atoms with E-state index in [0.29, 0.717) is 0 Å². The van der Waals surface area contributed by atoms with Gasteiger partial charge in [-0.2, -0.15) is 0 Å². The van der Waals surface area contributed by atoms with Crippen molar-refractivity contribution in [3.05, 3.63) is 46.5 Å². The van der Waals surface area contributed by atoms with Gasteiger partial charge in [-0.15, -0.1) is 10.2 Å². The van der Waals surface area contributed by atoms with Crippen LogP contribution in [-0.2, 0) is 24.3 Å². The SMILES string of the molecule is Cc1ccc(C)c(CN2CCc3nnc([C@H](C)NC(=O)C(C)C)n3CC2)c1. The van der Waals surface area contributed by atoms with Crippen LogP contribution in [0, 0.1) is 19.8 Å². The van der Waals surface area contributed by atoms with Gasteiger partial charge in [-0.3, -0.25) is 9.69 Å². The Balaban J connectivity index is 1.69. The number of nitrogens with one attached hydrogen (secondary N) is 1. The highest BCUT2D eigenvalue weighted by Crippen LogP contribution is 2.18. The number of carbonyl (C=O) groups is 1. The predicted molar refractivity (Wildman–Crippen MR) is 106 cm³/mol. The number of aromatic nitrogens is 3. The number of fused-ring (bicyclic) bond motifs is 1. The van der Waals surface area contributed by atoms with Crippen molar-refractivity contribution in [2.45, 2.75) is 60.2 Å². The number of aryl methyl sites for hydroxylation is 2. The molecule has 1 N–H and O–H groups in total. The molecule has 0 fully saturated rings. The van der Waals surface area contributed by atoms with Crippen LogP contribution in [0.2, 0.25) is 0 Å². The molecule has 0 saturated carbocycles. The number of nitrogens with zero attached hydrogens (tertiary/aromatic N) is 4. The Morgan fingerprint density at radius 2 is 1.93 bits per heavy atom. The second kappa shape index (κ2) is 8.21. The Bertz CT molecular complexity index is 811. The summed E-state index contributed by atoms with van der Waals surface area (Å²) in [7, 11) is 0. The normalized spacial score (nSPS) is 16.1. The van der Waals surface area contributed by atoms with E-state index in [1.807, 2.05) is 20.8 Å².